The molecule has 3 nitrogen and oxygen atoms in total. The maximum Gasteiger partial charge on any atom is 0.260 e. The van der Waals surface area contributed by atoms with Crippen molar-refractivity contribution < 1.29 is 4.79 Å². The Bertz CT molecular complexity index is 914. The zero-order chi connectivity index (χ0) is 15.3. The smallest absolute Gasteiger partial charge is 0.260 e. The van der Waals surface area contributed by atoms with Gasteiger partial charge in [-0.3, -0.25) is 9.78 Å². The van der Waals surface area contributed by atoms with E-state index >= 15 is 0 Å². The summed E-state index contributed by atoms with van der Waals surface area (Å²) >= 11 is 0. The van der Waals surface area contributed by atoms with E-state index < -0.39 is 0 Å². The van der Waals surface area contributed by atoms with E-state index in [1.165, 1.54) is 0 Å². The Balaban J connectivity index is 1.88. The number of pyridine rings is 1. The molecule has 0 atom stereocenters. The highest BCUT2D eigenvalue weighted by Crippen LogP contribution is 2.32. The molecule has 0 aliphatic carbocycles. The minimum absolute atomic E-state index is 0.0522. The van der Waals surface area contributed by atoms with E-state index in [2.05, 4.69) is 0 Å². The molecule has 0 unspecified atom stereocenters. The number of anilines is 1. The second kappa shape index (κ2) is 4.67. The Morgan fingerprint density at radius 1 is 1.05 bits per heavy atom. The van der Waals surface area contributed by atoms with Gasteiger partial charge in [-0.15, -0.1) is 0 Å². The van der Waals surface area contributed by atoms with Crippen LogP contribution in [0.1, 0.15) is 27.2 Å². The Morgan fingerprint density at radius 2 is 1.86 bits per heavy atom. The van der Waals surface area contributed by atoms with Crippen LogP contribution >= 0.6 is 0 Å². The highest BCUT2D eigenvalue weighted by Gasteiger charge is 2.32. The number of carbonyl (C=O) groups excluding carboxylic acids is 1. The SMILES string of the molecule is Cc1cccc(N2Cc3nc4ccccc4c(C)c3C2=O)c1. The molecule has 4 rings (SSSR count). The number of hydrogen-bond acceptors (Lipinski definition) is 2. The standard InChI is InChI=1S/C19H16N2O/c1-12-6-5-7-14(10-12)21-11-17-18(19(21)22)13(2)15-8-3-4-9-16(15)20-17/h3-10H,11H2,1-2H3. The average molecular weight is 288 g/mol. The zero-order valence-electron chi connectivity index (χ0n) is 12.6. The topological polar surface area (TPSA) is 33.2 Å². The Morgan fingerprint density at radius 3 is 2.68 bits per heavy atom. The first-order valence-corrected chi connectivity index (χ1v) is 7.42. The van der Waals surface area contributed by atoms with Gasteiger partial charge >= 0.3 is 0 Å². The van der Waals surface area contributed by atoms with Crippen LogP contribution in [0.25, 0.3) is 10.9 Å². The molecule has 1 aliphatic rings. The van der Waals surface area contributed by atoms with Gasteiger partial charge in [-0.25, -0.2) is 0 Å². The van der Waals surface area contributed by atoms with Gasteiger partial charge in [-0.05, 0) is 43.2 Å². The number of hydrogen-bond donors (Lipinski definition) is 0. The second-order valence-corrected chi connectivity index (χ2v) is 5.81. The Kier molecular flexibility index (Phi) is 2.76. The van der Waals surface area contributed by atoms with Crippen molar-refractivity contribution in [2.75, 3.05) is 4.90 Å². The summed E-state index contributed by atoms with van der Waals surface area (Å²) in [5.74, 6) is 0.0522. The lowest BCUT2D eigenvalue weighted by Gasteiger charge is -2.15. The summed E-state index contributed by atoms with van der Waals surface area (Å²) in [6.45, 7) is 4.60. The fraction of sp³-hybridized carbons (Fsp3) is 0.158. The molecule has 3 heteroatoms. The van der Waals surface area contributed by atoms with Crippen molar-refractivity contribution in [3.8, 4) is 0 Å². The first-order chi connectivity index (χ1) is 10.6. The van der Waals surface area contributed by atoms with E-state index in [1.54, 1.807) is 0 Å². The van der Waals surface area contributed by atoms with Crippen LogP contribution in [0, 0.1) is 13.8 Å². The summed E-state index contributed by atoms with van der Waals surface area (Å²) in [7, 11) is 0. The van der Waals surface area contributed by atoms with E-state index in [9.17, 15) is 4.79 Å². The molecule has 0 saturated carbocycles. The molecule has 2 aromatic carbocycles. The number of aryl methyl sites for hydroxylation is 2. The Hall–Kier alpha value is -2.68. The van der Waals surface area contributed by atoms with Gasteiger partial charge in [0.05, 0.1) is 23.3 Å². The Labute approximate surface area is 129 Å². The third kappa shape index (κ3) is 1.82. The summed E-state index contributed by atoms with van der Waals surface area (Å²) in [5, 5.41) is 1.06. The predicted molar refractivity (Wildman–Crippen MR) is 88.2 cm³/mol. The third-order valence-corrected chi connectivity index (χ3v) is 4.31. The van der Waals surface area contributed by atoms with Gasteiger partial charge in [-0.2, -0.15) is 0 Å². The van der Waals surface area contributed by atoms with E-state index in [4.69, 9.17) is 4.98 Å². The van der Waals surface area contributed by atoms with Gasteiger partial charge in [0.15, 0.2) is 0 Å². The molecule has 0 N–H and O–H groups in total. The van der Waals surface area contributed by atoms with Crippen molar-refractivity contribution in [2.24, 2.45) is 0 Å². The van der Waals surface area contributed by atoms with Crippen LogP contribution in [0.2, 0.25) is 0 Å². The van der Waals surface area contributed by atoms with E-state index in [0.717, 1.165) is 39.0 Å². The van der Waals surface area contributed by atoms with Gasteiger partial charge in [0.2, 0.25) is 0 Å². The molecular weight excluding hydrogens is 272 g/mol. The summed E-state index contributed by atoms with van der Waals surface area (Å²) in [6, 6.07) is 16.0. The largest absolute Gasteiger partial charge is 0.302 e. The summed E-state index contributed by atoms with van der Waals surface area (Å²) in [6.07, 6.45) is 0. The average Bonchev–Trinajstić information content (AvgIpc) is 2.85. The highest BCUT2D eigenvalue weighted by molar-refractivity contribution is 6.12. The molecule has 22 heavy (non-hydrogen) atoms. The van der Waals surface area contributed by atoms with Gasteiger partial charge in [0.25, 0.3) is 5.91 Å². The van der Waals surface area contributed by atoms with Crippen LogP contribution in [0.15, 0.2) is 48.5 Å². The van der Waals surface area contributed by atoms with Crippen LogP contribution < -0.4 is 4.90 Å². The van der Waals surface area contributed by atoms with Gasteiger partial charge in [0.1, 0.15) is 0 Å². The predicted octanol–water partition coefficient (Wildman–Crippen LogP) is 4.01. The molecule has 1 aliphatic heterocycles. The number of aromatic nitrogens is 1. The molecule has 0 bridgehead atoms. The summed E-state index contributed by atoms with van der Waals surface area (Å²) in [5.41, 5.74) is 5.71. The lowest BCUT2D eigenvalue weighted by atomic mass is 10.0. The first kappa shape index (κ1) is 13.0. The second-order valence-electron chi connectivity index (χ2n) is 5.81. The van der Waals surface area contributed by atoms with Gasteiger partial charge in [-0.1, -0.05) is 30.3 Å². The first-order valence-electron chi connectivity index (χ1n) is 7.42. The van der Waals surface area contributed by atoms with Crippen LogP contribution in [-0.2, 0) is 6.54 Å². The molecule has 2 heterocycles. The lowest BCUT2D eigenvalue weighted by molar-refractivity contribution is 0.0996. The van der Waals surface area contributed by atoms with E-state index in [1.807, 2.05) is 67.3 Å². The van der Waals surface area contributed by atoms with Crippen molar-refractivity contribution in [3.05, 3.63) is 70.9 Å². The molecule has 1 amide bonds. The molecule has 0 spiro atoms. The van der Waals surface area contributed by atoms with Crippen molar-refractivity contribution >= 4 is 22.5 Å². The van der Waals surface area contributed by atoms with Crippen LogP contribution in [0.3, 0.4) is 0 Å². The molecule has 0 fully saturated rings. The number of fused-ring (bicyclic) bond motifs is 2. The number of rotatable bonds is 1. The normalized spacial score (nSPS) is 13.7. The van der Waals surface area contributed by atoms with Crippen molar-refractivity contribution in [1.82, 2.24) is 4.98 Å². The fourth-order valence-electron chi connectivity index (χ4n) is 3.20. The van der Waals surface area contributed by atoms with Crippen LogP contribution in [-0.4, -0.2) is 10.9 Å². The molecular formula is C19H16N2O. The number of benzene rings is 2. The summed E-state index contributed by atoms with van der Waals surface area (Å²) in [4.78, 5) is 19.4. The van der Waals surface area contributed by atoms with Gasteiger partial charge < -0.3 is 4.90 Å². The monoisotopic (exact) mass is 288 g/mol. The van der Waals surface area contributed by atoms with Crippen molar-refractivity contribution in [1.29, 1.82) is 0 Å². The maximum absolute atomic E-state index is 12.9. The van der Waals surface area contributed by atoms with Crippen LogP contribution in [0.4, 0.5) is 5.69 Å². The fourth-order valence-corrected chi connectivity index (χ4v) is 3.20. The third-order valence-electron chi connectivity index (χ3n) is 4.31. The number of carbonyl (C=O) groups is 1. The molecule has 1 aromatic heterocycles. The van der Waals surface area contributed by atoms with Crippen LogP contribution in [0.5, 0.6) is 0 Å². The van der Waals surface area contributed by atoms with E-state index in [0.29, 0.717) is 6.54 Å². The van der Waals surface area contributed by atoms with Crippen molar-refractivity contribution in [2.45, 2.75) is 20.4 Å². The quantitative estimate of drug-likeness (QED) is 0.678. The van der Waals surface area contributed by atoms with Gasteiger partial charge in [0, 0.05) is 11.1 Å². The minimum Gasteiger partial charge on any atom is -0.302 e. The molecule has 3 aromatic rings. The number of amides is 1. The summed E-state index contributed by atoms with van der Waals surface area (Å²) < 4.78 is 0. The van der Waals surface area contributed by atoms with Crippen molar-refractivity contribution in [3.63, 3.8) is 0 Å². The molecule has 108 valence electrons. The lowest BCUT2D eigenvalue weighted by Crippen LogP contribution is -2.23. The van der Waals surface area contributed by atoms with E-state index in [-0.39, 0.29) is 5.91 Å². The number of para-hydroxylation sites is 1. The zero-order valence-corrected chi connectivity index (χ0v) is 12.6. The highest BCUT2D eigenvalue weighted by atomic mass is 16.2. The molecule has 0 saturated heterocycles. The minimum atomic E-state index is 0.0522. The number of nitrogens with zero attached hydrogens (tertiary/aromatic N) is 2. The molecule has 0 radical (unpaired) electrons. The maximum atomic E-state index is 12.9.